The Bertz CT molecular complexity index is 1650. The lowest BCUT2D eigenvalue weighted by atomic mass is 9.83. The number of hydrogen-bond acceptors (Lipinski definition) is 7. The topological polar surface area (TPSA) is 104 Å². The van der Waals surface area contributed by atoms with E-state index in [9.17, 15) is 10.1 Å². The molecule has 2 N–H and O–H groups in total. The van der Waals surface area contributed by atoms with Gasteiger partial charge in [0.1, 0.15) is 41.2 Å². The average Bonchev–Trinajstić information content (AvgIpc) is 3.00. The number of nitrogens with two attached hydrogens (primary N) is 1. The third-order valence-corrected chi connectivity index (χ3v) is 7.10. The zero-order valence-electron chi connectivity index (χ0n) is 23.8. The van der Waals surface area contributed by atoms with Crippen molar-refractivity contribution in [3.05, 3.63) is 130 Å². The number of fused-ring (bicyclic) bond motifs is 1. The Morgan fingerprint density at radius 1 is 0.952 bits per heavy atom. The van der Waals surface area contributed by atoms with E-state index in [1.807, 2.05) is 79.7 Å². The number of aryl methyl sites for hydroxylation is 2. The van der Waals surface area contributed by atoms with E-state index in [1.54, 1.807) is 25.1 Å². The molecule has 212 valence electrons. The van der Waals surface area contributed by atoms with Crippen LogP contribution in [0.25, 0.3) is 0 Å². The minimum Gasteiger partial charge on any atom is -0.489 e. The van der Waals surface area contributed by atoms with Gasteiger partial charge < -0.3 is 24.7 Å². The molecular weight excluding hydrogens is 528 g/mol. The minimum atomic E-state index is -0.833. The molecule has 0 aromatic heterocycles. The quantitative estimate of drug-likeness (QED) is 0.179. The van der Waals surface area contributed by atoms with Gasteiger partial charge in [-0.25, -0.2) is 4.79 Å². The van der Waals surface area contributed by atoms with E-state index in [-0.39, 0.29) is 11.6 Å². The number of benzene rings is 4. The van der Waals surface area contributed by atoms with E-state index >= 15 is 0 Å². The first kappa shape index (κ1) is 28.3. The lowest BCUT2D eigenvalue weighted by molar-refractivity contribution is -0.141. The first-order valence-electron chi connectivity index (χ1n) is 13.8. The number of allylic oxidation sites excluding steroid dienone is 1. The maximum atomic E-state index is 12.8. The molecule has 0 bridgehead atoms. The first-order valence-corrected chi connectivity index (χ1v) is 13.8. The lowest BCUT2D eigenvalue weighted by Gasteiger charge is -2.27. The summed E-state index contributed by atoms with van der Waals surface area (Å²) in [5.41, 5.74) is 11.5. The molecule has 0 saturated carbocycles. The van der Waals surface area contributed by atoms with Crippen molar-refractivity contribution < 1.29 is 23.7 Å². The van der Waals surface area contributed by atoms with E-state index in [2.05, 4.69) is 13.0 Å². The van der Waals surface area contributed by atoms with Crippen LogP contribution in [0.15, 0.2) is 102 Å². The molecule has 0 spiro atoms. The second kappa shape index (κ2) is 12.5. The summed E-state index contributed by atoms with van der Waals surface area (Å²) in [6.07, 6.45) is 0.0852. The molecule has 1 heterocycles. The molecule has 1 aliphatic rings. The summed E-state index contributed by atoms with van der Waals surface area (Å²) in [6.45, 7) is 6.17. The predicted octanol–water partition coefficient (Wildman–Crippen LogP) is 6.73. The molecule has 0 radical (unpaired) electrons. The summed E-state index contributed by atoms with van der Waals surface area (Å²) in [6, 6.07) is 30.6. The van der Waals surface area contributed by atoms with Crippen molar-refractivity contribution in [2.24, 2.45) is 5.73 Å². The number of esters is 1. The molecule has 0 aliphatic carbocycles. The third-order valence-electron chi connectivity index (χ3n) is 7.10. The molecule has 4 aromatic rings. The Hall–Kier alpha value is -5.22. The zero-order chi connectivity index (χ0) is 29.6. The average molecular weight is 561 g/mol. The highest BCUT2D eigenvalue weighted by Crippen LogP contribution is 2.44. The molecule has 2 atom stereocenters. The van der Waals surface area contributed by atoms with Crippen molar-refractivity contribution in [2.75, 3.05) is 0 Å². The number of carbonyl (C=O) groups is 1. The second-order valence-electron chi connectivity index (χ2n) is 10.1. The van der Waals surface area contributed by atoms with Crippen LogP contribution in [-0.2, 0) is 17.8 Å². The lowest BCUT2D eigenvalue weighted by Crippen LogP contribution is -2.28. The number of ether oxygens (including phenoxy) is 4. The van der Waals surface area contributed by atoms with Gasteiger partial charge in [-0.05, 0) is 67.3 Å². The van der Waals surface area contributed by atoms with E-state index in [1.165, 1.54) is 11.1 Å². The fourth-order valence-electron chi connectivity index (χ4n) is 4.73. The summed E-state index contributed by atoms with van der Waals surface area (Å²) in [7, 11) is 0. The monoisotopic (exact) mass is 560 g/mol. The van der Waals surface area contributed by atoms with Gasteiger partial charge in [-0.2, -0.15) is 5.26 Å². The molecule has 0 fully saturated rings. The molecule has 1 aliphatic heterocycles. The van der Waals surface area contributed by atoms with Gasteiger partial charge >= 0.3 is 5.97 Å². The molecular formula is C35H32N2O5. The molecule has 0 saturated heterocycles. The Kier molecular flexibility index (Phi) is 8.44. The molecule has 4 aromatic carbocycles. The maximum absolute atomic E-state index is 12.8. The number of nitriles is 1. The van der Waals surface area contributed by atoms with Crippen LogP contribution < -0.4 is 24.7 Å². The molecule has 7 heteroatoms. The number of rotatable bonds is 9. The highest BCUT2D eigenvalue weighted by Gasteiger charge is 2.31. The van der Waals surface area contributed by atoms with E-state index in [4.69, 9.17) is 24.7 Å². The van der Waals surface area contributed by atoms with Crippen LogP contribution in [0.4, 0.5) is 0 Å². The molecule has 0 amide bonds. The summed E-state index contributed by atoms with van der Waals surface area (Å²) in [5, 5.41) is 9.97. The van der Waals surface area contributed by atoms with Gasteiger partial charge in [0, 0.05) is 11.6 Å². The number of hydrogen-bond donors (Lipinski definition) is 1. The molecule has 7 nitrogen and oxygen atoms in total. The van der Waals surface area contributed by atoms with Crippen molar-refractivity contribution in [1.82, 2.24) is 0 Å². The van der Waals surface area contributed by atoms with Gasteiger partial charge in [-0.15, -0.1) is 0 Å². The SMILES string of the molecule is CCc1ccc(OC(C)C(=O)Oc2ccc3c(c2)OC(N)=C(C#N)C3c2cccc(OCc3ccc(C)cc3)c2)cc1. The van der Waals surface area contributed by atoms with Gasteiger partial charge in [0.2, 0.25) is 5.88 Å². The molecule has 5 rings (SSSR count). The maximum Gasteiger partial charge on any atom is 0.352 e. The number of carbonyl (C=O) groups excluding carboxylic acids is 1. The van der Waals surface area contributed by atoms with Crippen LogP contribution in [0.1, 0.15) is 47.6 Å². The summed E-state index contributed by atoms with van der Waals surface area (Å²) < 4.78 is 23.2. The predicted molar refractivity (Wildman–Crippen MR) is 159 cm³/mol. The number of nitrogens with zero attached hydrogens (tertiary/aromatic N) is 1. The van der Waals surface area contributed by atoms with E-state index in [0.717, 1.165) is 23.1 Å². The Labute approximate surface area is 245 Å². The first-order chi connectivity index (χ1) is 20.3. The third kappa shape index (κ3) is 6.39. The van der Waals surface area contributed by atoms with Crippen molar-refractivity contribution in [1.29, 1.82) is 5.26 Å². The highest BCUT2D eigenvalue weighted by molar-refractivity contribution is 5.77. The fourth-order valence-corrected chi connectivity index (χ4v) is 4.73. The Morgan fingerprint density at radius 3 is 2.38 bits per heavy atom. The van der Waals surface area contributed by atoms with Crippen LogP contribution in [0, 0.1) is 18.3 Å². The molecule has 42 heavy (non-hydrogen) atoms. The van der Waals surface area contributed by atoms with Gasteiger partial charge in [0.25, 0.3) is 0 Å². The van der Waals surface area contributed by atoms with Crippen molar-refractivity contribution >= 4 is 5.97 Å². The van der Waals surface area contributed by atoms with E-state index < -0.39 is 18.0 Å². The summed E-state index contributed by atoms with van der Waals surface area (Å²) in [4.78, 5) is 12.8. The Morgan fingerprint density at radius 2 is 1.67 bits per heavy atom. The minimum absolute atomic E-state index is 0.00307. The largest absolute Gasteiger partial charge is 0.489 e. The summed E-state index contributed by atoms with van der Waals surface area (Å²) in [5.74, 6) is 0.883. The van der Waals surface area contributed by atoms with Crippen molar-refractivity contribution in [3.8, 4) is 29.1 Å². The van der Waals surface area contributed by atoms with Crippen LogP contribution in [0.2, 0.25) is 0 Å². The molecule has 2 unspecified atom stereocenters. The normalized spacial score (nSPS) is 14.7. The van der Waals surface area contributed by atoms with Crippen molar-refractivity contribution in [2.45, 2.75) is 45.8 Å². The van der Waals surface area contributed by atoms with Crippen LogP contribution in [-0.4, -0.2) is 12.1 Å². The van der Waals surface area contributed by atoms with E-state index in [0.29, 0.717) is 29.4 Å². The van der Waals surface area contributed by atoms with Gasteiger partial charge in [0.05, 0.1) is 5.92 Å². The van der Waals surface area contributed by atoms with Crippen LogP contribution >= 0.6 is 0 Å². The fraction of sp³-hybridized carbons (Fsp3) is 0.200. The summed E-state index contributed by atoms with van der Waals surface area (Å²) >= 11 is 0. The van der Waals surface area contributed by atoms with Gasteiger partial charge in [-0.3, -0.25) is 0 Å². The second-order valence-corrected chi connectivity index (χ2v) is 10.1. The smallest absolute Gasteiger partial charge is 0.352 e. The highest BCUT2D eigenvalue weighted by atomic mass is 16.6. The standard InChI is InChI=1S/C35H32N2O5/c1-4-24-12-14-27(15-13-24)40-23(3)35(38)41-29-16-17-30-32(19-29)42-34(37)31(20-36)33(30)26-6-5-7-28(18-26)39-21-25-10-8-22(2)9-11-25/h5-19,23,33H,4,21,37H2,1-3H3. The van der Waals surface area contributed by atoms with Gasteiger partial charge in [0.15, 0.2) is 6.10 Å². The van der Waals surface area contributed by atoms with Gasteiger partial charge in [-0.1, -0.05) is 67.1 Å². The van der Waals surface area contributed by atoms with Crippen LogP contribution in [0.5, 0.6) is 23.0 Å². The van der Waals surface area contributed by atoms with Crippen LogP contribution in [0.3, 0.4) is 0 Å². The zero-order valence-corrected chi connectivity index (χ0v) is 23.8. The Balaban J connectivity index is 1.33. The van der Waals surface area contributed by atoms with Crippen molar-refractivity contribution in [3.63, 3.8) is 0 Å².